The van der Waals surface area contributed by atoms with Crippen LogP contribution in [0.2, 0.25) is 0 Å². The highest BCUT2D eigenvalue weighted by molar-refractivity contribution is 7.10. The molecule has 0 fully saturated rings. The average molecular weight is 425 g/mol. The van der Waals surface area contributed by atoms with Crippen molar-refractivity contribution in [3.63, 3.8) is 0 Å². The molecule has 1 atom stereocenters. The fraction of sp³-hybridized carbons (Fsp3) is 0.250. The van der Waals surface area contributed by atoms with Crippen molar-refractivity contribution in [2.24, 2.45) is 0 Å². The number of methoxy groups -OCH3 is 4. The number of thiophene rings is 1. The highest BCUT2D eigenvalue weighted by Gasteiger charge is 2.39. The summed E-state index contributed by atoms with van der Waals surface area (Å²) >= 11 is 1.66. The molecule has 5 nitrogen and oxygen atoms in total. The van der Waals surface area contributed by atoms with Crippen LogP contribution < -0.4 is 18.9 Å². The standard InChI is InChI=1S/C24H24O5S/c1-24(23-7-6-10-30-23)17-14-22(28-5)21(27-4)13-16(17)12-19(29-24)15-8-9-18(25-2)20(11-15)26-3/h6-14H,1-5H3. The van der Waals surface area contributed by atoms with Crippen molar-refractivity contribution in [2.45, 2.75) is 12.5 Å². The maximum Gasteiger partial charge on any atom is 0.166 e. The quantitative estimate of drug-likeness (QED) is 0.517. The van der Waals surface area contributed by atoms with Crippen LogP contribution in [-0.4, -0.2) is 28.4 Å². The SMILES string of the molecule is COc1ccc(C2=Cc3cc(OC)c(OC)cc3C(C)(c3cccs3)O2)cc1OC. The smallest absolute Gasteiger partial charge is 0.166 e. The number of hydrogen-bond acceptors (Lipinski definition) is 6. The van der Waals surface area contributed by atoms with Crippen LogP contribution in [0.4, 0.5) is 0 Å². The van der Waals surface area contributed by atoms with Gasteiger partial charge in [0, 0.05) is 11.1 Å². The zero-order valence-electron chi connectivity index (χ0n) is 17.6. The van der Waals surface area contributed by atoms with Crippen molar-refractivity contribution >= 4 is 23.2 Å². The lowest BCUT2D eigenvalue weighted by atomic mass is 9.86. The molecule has 1 unspecified atom stereocenters. The van der Waals surface area contributed by atoms with Gasteiger partial charge in [-0.1, -0.05) is 6.07 Å². The van der Waals surface area contributed by atoms with Crippen LogP contribution in [0.1, 0.15) is 28.5 Å². The molecule has 0 aliphatic carbocycles. The van der Waals surface area contributed by atoms with E-state index in [1.807, 2.05) is 42.5 Å². The highest BCUT2D eigenvalue weighted by Crippen LogP contribution is 2.49. The number of ether oxygens (including phenoxy) is 5. The number of hydrogen-bond donors (Lipinski definition) is 0. The van der Waals surface area contributed by atoms with Gasteiger partial charge in [-0.15, -0.1) is 11.3 Å². The summed E-state index contributed by atoms with van der Waals surface area (Å²) in [5, 5.41) is 2.05. The van der Waals surface area contributed by atoms with Gasteiger partial charge >= 0.3 is 0 Å². The molecule has 0 saturated carbocycles. The van der Waals surface area contributed by atoms with Crippen LogP contribution in [0, 0.1) is 0 Å². The van der Waals surface area contributed by atoms with E-state index in [0.29, 0.717) is 23.0 Å². The summed E-state index contributed by atoms with van der Waals surface area (Å²) in [5.41, 5.74) is 2.25. The van der Waals surface area contributed by atoms with E-state index in [2.05, 4.69) is 18.4 Å². The van der Waals surface area contributed by atoms with Crippen LogP contribution in [0.5, 0.6) is 23.0 Å². The lowest BCUT2D eigenvalue weighted by molar-refractivity contribution is 0.0986. The molecule has 6 heteroatoms. The summed E-state index contributed by atoms with van der Waals surface area (Å²) in [7, 11) is 6.53. The molecule has 0 saturated heterocycles. The van der Waals surface area contributed by atoms with E-state index in [1.54, 1.807) is 39.8 Å². The third-order valence-corrected chi connectivity index (χ3v) is 6.40. The molecule has 30 heavy (non-hydrogen) atoms. The average Bonchev–Trinajstić information content (AvgIpc) is 3.33. The van der Waals surface area contributed by atoms with E-state index in [9.17, 15) is 0 Å². The number of rotatable bonds is 6. The molecule has 1 aliphatic heterocycles. The van der Waals surface area contributed by atoms with Gasteiger partial charge in [0.15, 0.2) is 28.6 Å². The minimum absolute atomic E-state index is 0.649. The highest BCUT2D eigenvalue weighted by atomic mass is 32.1. The Labute approximate surface area is 180 Å². The Morgan fingerprint density at radius 2 is 1.47 bits per heavy atom. The van der Waals surface area contributed by atoms with E-state index in [4.69, 9.17) is 23.7 Å². The van der Waals surface area contributed by atoms with Crippen LogP contribution in [0.15, 0.2) is 47.8 Å². The molecule has 2 aromatic carbocycles. The minimum Gasteiger partial charge on any atom is -0.493 e. The lowest BCUT2D eigenvalue weighted by Crippen LogP contribution is -2.29. The molecular weight excluding hydrogens is 400 g/mol. The van der Waals surface area contributed by atoms with Gasteiger partial charge in [0.1, 0.15) is 5.76 Å². The van der Waals surface area contributed by atoms with Crippen LogP contribution in [0.25, 0.3) is 11.8 Å². The molecule has 1 aromatic heterocycles. The Balaban J connectivity index is 1.92. The van der Waals surface area contributed by atoms with Crippen LogP contribution in [-0.2, 0) is 10.3 Å². The Bertz CT molecular complexity index is 1090. The molecule has 1 aliphatic rings. The van der Waals surface area contributed by atoms with Crippen molar-refractivity contribution in [2.75, 3.05) is 28.4 Å². The van der Waals surface area contributed by atoms with Crippen molar-refractivity contribution < 1.29 is 23.7 Å². The Morgan fingerprint density at radius 3 is 2.10 bits per heavy atom. The predicted molar refractivity (Wildman–Crippen MR) is 119 cm³/mol. The monoisotopic (exact) mass is 424 g/mol. The van der Waals surface area contributed by atoms with Gasteiger partial charge in [0.2, 0.25) is 0 Å². The Hall–Kier alpha value is -3.12. The van der Waals surface area contributed by atoms with Crippen LogP contribution in [0.3, 0.4) is 0 Å². The third kappa shape index (κ3) is 3.27. The normalized spacial score (nSPS) is 17.4. The van der Waals surface area contributed by atoms with Gasteiger partial charge in [-0.2, -0.15) is 0 Å². The van der Waals surface area contributed by atoms with E-state index in [1.165, 1.54) is 0 Å². The minimum atomic E-state index is -0.680. The molecule has 0 amide bonds. The predicted octanol–water partition coefficient (Wildman–Crippen LogP) is 5.57. The van der Waals surface area contributed by atoms with E-state index >= 15 is 0 Å². The second kappa shape index (κ2) is 7.95. The molecular formula is C24H24O5S. The van der Waals surface area contributed by atoms with Crippen molar-refractivity contribution in [1.82, 2.24) is 0 Å². The fourth-order valence-corrected chi connectivity index (χ4v) is 4.58. The van der Waals surface area contributed by atoms with E-state index in [0.717, 1.165) is 27.3 Å². The van der Waals surface area contributed by atoms with Crippen molar-refractivity contribution in [3.8, 4) is 23.0 Å². The first kappa shape index (κ1) is 20.2. The van der Waals surface area contributed by atoms with Gasteiger partial charge in [0.25, 0.3) is 0 Å². The Morgan fingerprint density at radius 1 is 0.800 bits per heavy atom. The van der Waals surface area contributed by atoms with Gasteiger partial charge in [-0.3, -0.25) is 0 Å². The summed E-state index contributed by atoms with van der Waals surface area (Å²) in [6.45, 7) is 2.08. The molecule has 3 aromatic rings. The zero-order chi connectivity index (χ0) is 21.3. The fourth-order valence-electron chi connectivity index (χ4n) is 3.74. The zero-order valence-corrected chi connectivity index (χ0v) is 18.5. The van der Waals surface area contributed by atoms with Crippen LogP contribution >= 0.6 is 11.3 Å². The van der Waals surface area contributed by atoms with Crippen molar-refractivity contribution in [1.29, 1.82) is 0 Å². The molecule has 0 radical (unpaired) electrons. The van der Waals surface area contributed by atoms with Gasteiger partial charge in [0.05, 0.1) is 33.3 Å². The van der Waals surface area contributed by atoms with E-state index < -0.39 is 5.60 Å². The van der Waals surface area contributed by atoms with Gasteiger partial charge in [-0.25, -0.2) is 0 Å². The first-order valence-electron chi connectivity index (χ1n) is 9.47. The topological polar surface area (TPSA) is 46.2 Å². The molecule has 0 spiro atoms. The van der Waals surface area contributed by atoms with Gasteiger partial charge < -0.3 is 23.7 Å². The second-order valence-corrected chi connectivity index (χ2v) is 7.93. The first-order chi connectivity index (χ1) is 14.5. The first-order valence-corrected chi connectivity index (χ1v) is 10.4. The number of fused-ring (bicyclic) bond motifs is 1. The van der Waals surface area contributed by atoms with Gasteiger partial charge in [-0.05, 0) is 60.3 Å². The third-order valence-electron chi connectivity index (χ3n) is 5.33. The largest absolute Gasteiger partial charge is 0.493 e. The molecule has 0 bridgehead atoms. The summed E-state index contributed by atoms with van der Waals surface area (Å²) < 4.78 is 28.6. The number of benzene rings is 2. The molecule has 4 rings (SSSR count). The summed E-state index contributed by atoms with van der Waals surface area (Å²) in [6, 6.07) is 13.9. The molecule has 156 valence electrons. The summed E-state index contributed by atoms with van der Waals surface area (Å²) in [5.74, 6) is 3.41. The second-order valence-electron chi connectivity index (χ2n) is 6.99. The Kier molecular flexibility index (Phi) is 5.35. The maximum absolute atomic E-state index is 6.66. The summed E-state index contributed by atoms with van der Waals surface area (Å²) in [4.78, 5) is 1.10. The van der Waals surface area contributed by atoms with Crippen molar-refractivity contribution in [3.05, 3.63) is 69.4 Å². The maximum atomic E-state index is 6.66. The lowest BCUT2D eigenvalue weighted by Gasteiger charge is -2.36. The molecule has 2 heterocycles. The summed E-state index contributed by atoms with van der Waals surface area (Å²) in [6.07, 6.45) is 2.02. The van der Waals surface area contributed by atoms with E-state index in [-0.39, 0.29) is 0 Å². The molecule has 0 N–H and O–H groups in total.